The van der Waals surface area contributed by atoms with Gasteiger partial charge in [0.25, 0.3) is 5.91 Å². The van der Waals surface area contributed by atoms with Crippen molar-refractivity contribution in [3.8, 4) is 0 Å². The molecule has 3 N–H and O–H groups in total. The molecule has 0 radical (unpaired) electrons. The maximum Gasteiger partial charge on any atom is 0.335 e. The molecule has 3 amide bonds. The fourth-order valence-electron chi connectivity index (χ4n) is 1.76. The van der Waals surface area contributed by atoms with E-state index in [0.717, 1.165) is 5.56 Å². The summed E-state index contributed by atoms with van der Waals surface area (Å²) in [5.41, 5.74) is 4.37. The molecule has 1 unspecified atom stereocenters. The number of nitrogens with one attached hydrogen (secondary N) is 3. The molecular weight excluding hydrogens is 260 g/mol. The second-order valence-corrected chi connectivity index (χ2v) is 4.39. The van der Waals surface area contributed by atoms with Crippen molar-refractivity contribution in [2.75, 3.05) is 5.32 Å². The number of ketones is 1. The third-order valence-electron chi connectivity index (χ3n) is 2.79. The number of rotatable bonds is 3. The number of hydrazone groups is 1. The van der Waals surface area contributed by atoms with Crippen LogP contribution in [-0.2, 0) is 9.59 Å². The van der Waals surface area contributed by atoms with Crippen molar-refractivity contribution in [1.29, 1.82) is 0 Å². The van der Waals surface area contributed by atoms with E-state index in [1.165, 1.54) is 6.92 Å². The van der Waals surface area contributed by atoms with Gasteiger partial charge in [0.15, 0.2) is 0 Å². The molecule has 0 saturated heterocycles. The highest BCUT2D eigenvalue weighted by Gasteiger charge is 2.20. The first-order chi connectivity index (χ1) is 9.47. The predicted octanol–water partition coefficient (Wildman–Crippen LogP) is 0.619. The van der Waals surface area contributed by atoms with Gasteiger partial charge in [-0.2, -0.15) is 5.10 Å². The molecule has 0 aliphatic carbocycles. The van der Waals surface area contributed by atoms with Crippen LogP contribution in [0.2, 0.25) is 0 Å². The maximum atomic E-state index is 11.2. The second kappa shape index (κ2) is 5.52. The zero-order valence-corrected chi connectivity index (χ0v) is 11.1. The Balaban J connectivity index is 2.14. The van der Waals surface area contributed by atoms with Crippen LogP contribution >= 0.6 is 0 Å². The fraction of sp³-hybridized carbons (Fsp3) is 0.231. The Hall–Kier alpha value is -2.70. The third-order valence-corrected chi connectivity index (χ3v) is 2.79. The van der Waals surface area contributed by atoms with Crippen LogP contribution in [0.1, 0.15) is 19.4 Å². The summed E-state index contributed by atoms with van der Waals surface area (Å²) in [7, 11) is 0. The normalized spacial score (nSPS) is 17.6. The summed E-state index contributed by atoms with van der Waals surface area (Å²) in [6.45, 7) is 3.03. The van der Waals surface area contributed by atoms with Crippen LogP contribution < -0.4 is 16.1 Å². The molecule has 1 atom stereocenters. The van der Waals surface area contributed by atoms with Crippen molar-refractivity contribution < 1.29 is 14.4 Å². The summed E-state index contributed by atoms with van der Waals surface area (Å²) in [5, 5.41) is 9.16. The Morgan fingerprint density at radius 1 is 1.25 bits per heavy atom. The van der Waals surface area contributed by atoms with Gasteiger partial charge < -0.3 is 10.6 Å². The highest BCUT2D eigenvalue weighted by Crippen LogP contribution is 2.13. The Labute approximate surface area is 115 Å². The molecule has 7 nitrogen and oxygen atoms in total. The number of hydrogen-bond donors (Lipinski definition) is 3. The van der Waals surface area contributed by atoms with E-state index in [4.69, 9.17) is 0 Å². The molecule has 1 aromatic rings. The smallest absolute Gasteiger partial charge is 0.328 e. The molecule has 0 fully saturated rings. The first-order valence-electron chi connectivity index (χ1n) is 6.04. The van der Waals surface area contributed by atoms with E-state index in [1.54, 1.807) is 24.3 Å². The zero-order valence-electron chi connectivity index (χ0n) is 11.1. The number of benzene rings is 1. The average molecular weight is 274 g/mol. The van der Waals surface area contributed by atoms with Gasteiger partial charge in [-0.3, -0.25) is 9.59 Å². The predicted molar refractivity (Wildman–Crippen MR) is 73.4 cm³/mol. The number of amides is 3. The van der Waals surface area contributed by atoms with Gasteiger partial charge in [-0.25, -0.2) is 10.2 Å². The number of hydrogen-bond acceptors (Lipinski definition) is 4. The van der Waals surface area contributed by atoms with Crippen LogP contribution in [0.4, 0.5) is 10.5 Å². The van der Waals surface area contributed by atoms with E-state index >= 15 is 0 Å². The summed E-state index contributed by atoms with van der Waals surface area (Å²) < 4.78 is 0. The topological polar surface area (TPSA) is 99.7 Å². The minimum Gasteiger partial charge on any atom is -0.328 e. The highest BCUT2D eigenvalue weighted by molar-refractivity contribution is 6.39. The Kier molecular flexibility index (Phi) is 3.79. The lowest BCUT2D eigenvalue weighted by molar-refractivity contribution is -0.133. The van der Waals surface area contributed by atoms with Crippen LogP contribution in [0.3, 0.4) is 0 Å². The van der Waals surface area contributed by atoms with E-state index in [0.29, 0.717) is 11.4 Å². The van der Waals surface area contributed by atoms with Crippen LogP contribution in [0, 0.1) is 0 Å². The third kappa shape index (κ3) is 3.00. The van der Waals surface area contributed by atoms with Gasteiger partial charge in [-0.15, -0.1) is 0 Å². The minimum absolute atomic E-state index is 0.207. The van der Waals surface area contributed by atoms with Gasteiger partial charge in [-0.05, 0) is 19.1 Å². The molecule has 1 heterocycles. The van der Waals surface area contributed by atoms with Crippen LogP contribution in [0.15, 0.2) is 29.4 Å². The van der Waals surface area contributed by atoms with Crippen molar-refractivity contribution in [1.82, 2.24) is 10.7 Å². The minimum atomic E-state index is -0.657. The van der Waals surface area contributed by atoms with Crippen molar-refractivity contribution in [2.45, 2.75) is 19.9 Å². The largest absolute Gasteiger partial charge is 0.335 e. The molecule has 0 saturated carbocycles. The molecule has 1 aliphatic heterocycles. The summed E-state index contributed by atoms with van der Waals surface area (Å²) >= 11 is 0. The van der Waals surface area contributed by atoms with E-state index in [1.807, 2.05) is 6.92 Å². The van der Waals surface area contributed by atoms with E-state index in [2.05, 4.69) is 21.2 Å². The van der Waals surface area contributed by atoms with Gasteiger partial charge >= 0.3 is 6.03 Å². The van der Waals surface area contributed by atoms with Gasteiger partial charge in [0.2, 0.25) is 5.78 Å². The Morgan fingerprint density at radius 2 is 1.90 bits per heavy atom. The van der Waals surface area contributed by atoms with E-state index in [9.17, 15) is 14.4 Å². The number of Topliss-reactive ketones (excluding diaryl/α,β-unsaturated/α-hetero) is 1. The van der Waals surface area contributed by atoms with Gasteiger partial charge in [0, 0.05) is 18.2 Å². The molecule has 0 bridgehead atoms. The number of urea groups is 1. The first kappa shape index (κ1) is 13.7. The molecule has 1 aromatic carbocycles. The fourth-order valence-corrected chi connectivity index (χ4v) is 1.76. The SMILES string of the molecule is CC(=O)C(=O)Nc1ccc(C2=NNC(=O)NC2C)cc1. The molecule has 1 aliphatic rings. The zero-order chi connectivity index (χ0) is 14.7. The lowest BCUT2D eigenvalue weighted by Crippen LogP contribution is -2.48. The molecule has 20 heavy (non-hydrogen) atoms. The maximum absolute atomic E-state index is 11.2. The monoisotopic (exact) mass is 274 g/mol. The molecular formula is C13H14N4O3. The average Bonchev–Trinajstić information content (AvgIpc) is 2.40. The summed E-state index contributed by atoms with van der Waals surface area (Å²) in [6.07, 6.45) is 0. The molecule has 0 aromatic heterocycles. The van der Waals surface area contributed by atoms with Gasteiger partial charge in [-0.1, -0.05) is 12.1 Å². The summed E-state index contributed by atoms with van der Waals surface area (Å²) in [6, 6.07) is 6.30. The number of anilines is 1. The standard InChI is InChI=1S/C13H14N4O3/c1-7-11(16-17-13(20)14-7)9-3-5-10(6-4-9)15-12(19)8(2)18/h3-7H,1-2H3,(H,15,19)(H2,14,17,20). The number of carbonyl (C=O) groups excluding carboxylic acids is 3. The quantitative estimate of drug-likeness (QED) is 0.704. The lowest BCUT2D eigenvalue weighted by atomic mass is 10.0. The van der Waals surface area contributed by atoms with Crippen molar-refractivity contribution in [3.05, 3.63) is 29.8 Å². The first-order valence-corrected chi connectivity index (χ1v) is 6.04. The van der Waals surface area contributed by atoms with Crippen LogP contribution in [-0.4, -0.2) is 29.5 Å². The summed E-state index contributed by atoms with van der Waals surface area (Å²) in [5.74, 6) is -1.21. The Bertz CT molecular complexity index is 592. The molecule has 0 spiro atoms. The second-order valence-electron chi connectivity index (χ2n) is 4.39. The Morgan fingerprint density at radius 3 is 2.45 bits per heavy atom. The number of carbonyl (C=O) groups is 3. The summed E-state index contributed by atoms with van der Waals surface area (Å²) in [4.78, 5) is 33.2. The molecule has 2 rings (SSSR count). The van der Waals surface area contributed by atoms with Gasteiger partial charge in [0.1, 0.15) is 0 Å². The molecule has 7 heteroatoms. The van der Waals surface area contributed by atoms with Crippen molar-refractivity contribution >= 4 is 29.1 Å². The van der Waals surface area contributed by atoms with E-state index < -0.39 is 11.7 Å². The molecule has 104 valence electrons. The highest BCUT2D eigenvalue weighted by atomic mass is 16.2. The van der Waals surface area contributed by atoms with Gasteiger partial charge in [0.05, 0.1) is 11.8 Å². The van der Waals surface area contributed by atoms with Crippen molar-refractivity contribution in [3.63, 3.8) is 0 Å². The lowest BCUT2D eigenvalue weighted by Gasteiger charge is -2.21. The van der Waals surface area contributed by atoms with E-state index in [-0.39, 0.29) is 12.1 Å². The van der Waals surface area contributed by atoms with Crippen molar-refractivity contribution in [2.24, 2.45) is 5.10 Å². The van der Waals surface area contributed by atoms with Crippen LogP contribution in [0.25, 0.3) is 0 Å². The number of nitrogens with zero attached hydrogens (tertiary/aromatic N) is 1. The van der Waals surface area contributed by atoms with Crippen LogP contribution in [0.5, 0.6) is 0 Å².